The van der Waals surface area contributed by atoms with Crippen molar-refractivity contribution < 1.29 is 4.79 Å². The Kier molecular flexibility index (Phi) is 7.60. The lowest BCUT2D eigenvalue weighted by Crippen LogP contribution is -2.28. The van der Waals surface area contributed by atoms with Crippen LogP contribution >= 0.6 is 12.4 Å². The van der Waals surface area contributed by atoms with Crippen LogP contribution in [0.1, 0.15) is 51.3 Å². The van der Waals surface area contributed by atoms with Crippen LogP contribution in [0, 0.1) is 5.92 Å². The zero-order chi connectivity index (χ0) is 17.6. The van der Waals surface area contributed by atoms with Crippen LogP contribution in [-0.2, 0) is 4.79 Å². The Bertz CT molecular complexity index is 709. The van der Waals surface area contributed by atoms with Gasteiger partial charge in [-0.05, 0) is 50.4 Å². The Hall–Kier alpha value is -1.92. The summed E-state index contributed by atoms with van der Waals surface area (Å²) < 4.78 is 0. The standard InChI is InChI=1S/C19H27N5O.ClH/c1-13(2)18-22-19(24-23-18)15-5-3-4-6-16(15)21-17(25)8-7-14-9-11-20-12-10-14;/h3-6,13-14,20H,7-12H2,1-2H3,(H,21,25)(H,22,23,24);1H. The molecular formula is C19H28ClN5O. The largest absolute Gasteiger partial charge is 0.325 e. The fourth-order valence-corrected chi connectivity index (χ4v) is 3.16. The Morgan fingerprint density at radius 2 is 2.00 bits per heavy atom. The van der Waals surface area contributed by atoms with Crippen LogP contribution in [-0.4, -0.2) is 34.2 Å². The lowest BCUT2D eigenvalue weighted by atomic mass is 9.93. The molecule has 142 valence electrons. The van der Waals surface area contributed by atoms with Crippen LogP contribution in [0.4, 0.5) is 5.69 Å². The molecule has 1 fully saturated rings. The fourth-order valence-electron chi connectivity index (χ4n) is 3.16. The van der Waals surface area contributed by atoms with E-state index < -0.39 is 0 Å². The smallest absolute Gasteiger partial charge is 0.224 e. The summed E-state index contributed by atoms with van der Waals surface area (Å²) >= 11 is 0. The highest BCUT2D eigenvalue weighted by Crippen LogP contribution is 2.26. The number of aromatic nitrogens is 3. The van der Waals surface area contributed by atoms with Crippen molar-refractivity contribution in [2.45, 2.75) is 45.4 Å². The van der Waals surface area contributed by atoms with Gasteiger partial charge in [0.2, 0.25) is 5.91 Å². The number of aromatic amines is 1. The van der Waals surface area contributed by atoms with E-state index in [0.717, 1.165) is 36.6 Å². The second-order valence-corrected chi connectivity index (χ2v) is 7.02. The molecule has 26 heavy (non-hydrogen) atoms. The van der Waals surface area contributed by atoms with Crippen molar-refractivity contribution in [3.05, 3.63) is 30.1 Å². The van der Waals surface area contributed by atoms with Crippen molar-refractivity contribution in [2.75, 3.05) is 18.4 Å². The molecule has 1 amide bonds. The first-order chi connectivity index (χ1) is 12.1. The molecule has 1 aliphatic rings. The van der Waals surface area contributed by atoms with Crippen molar-refractivity contribution in [3.63, 3.8) is 0 Å². The number of hydrogen-bond donors (Lipinski definition) is 3. The third-order valence-corrected chi connectivity index (χ3v) is 4.73. The molecular weight excluding hydrogens is 350 g/mol. The molecule has 0 bridgehead atoms. The number of halogens is 1. The second kappa shape index (κ2) is 9.69. The molecule has 1 aromatic heterocycles. The van der Waals surface area contributed by atoms with Gasteiger partial charge < -0.3 is 10.6 Å². The Balaban J connectivity index is 0.00000243. The molecule has 0 spiro atoms. The third-order valence-electron chi connectivity index (χ3n) is 4.73. The Morgan fingerprint density at radius 1 is 1.27 bits per heavy atom. The molecule has 2 aromatic rings. The molecule has 3 N–H and O–H groups in total. The van der Waals surface area contributed by atoms with Crippen molar-refractivity contribution in [1.29, 1.82) is 0 Å². The number of rotatable bonds is 6. The molecule has 1 saturated heterocycles. The Morgan fingerprint density at radius 3 is 2.69 bits per heavy atom. The summed E-state index contributed by atoms with van der Waals surface area (Å²) in [6.07, 6.45) is 3.84. The Labute approximate surface area is 161 Å². The molecule has 2 heterocycles. The van der Waals surface area contributed by atoms with Crippen LogP contribution in [0.3, 0.4) is 0 Å². The van der Waals surface area contributed by atoms with E-state index in [4.69, 9.17) is 0 Å². The SMILES string of the molecule is CC(C)c1nc(-c2ccccc2NC(=O)CCC2CCNCC2)n[nH]1.Cl. The number of para-hydroxylation sites is 1. The molecule has 0 aliphatic carbocycles. The minimum absolute atomic E-state index is 0. The summed E-state index contributed by atoms with van der Waals surface area (Å²) in [5.41, 5.74) is 1.62. The number of piperidine rings is 1. The van der Waals surface area contributed by atoms with Crippen LogP contribution in [0.2, 0.25) is 0 Å². The molecule has 1 aliphatic heterocycles. The van der Waals surface area contributed by atoms with E-state index in [2.05, 4.69) is 39.7 Å². The van der Waals surface area contributed by atoms with Gasteiger partial charge in [-0.15, -0.1) is 12.4 Å². The molecule has 1 aromatic carbocycles. The van der Waals surface area contributed by atoms with E-state index in [1.165, 1.54) is 12.8 Å². The predicted molar refractivity (Wildman–Crippen MR) is 107 cm³/mol. The van der Waals surface area contributed by atoms with Gasteiger partial charge in [0.05, 0.1) is 5.69 Å². The van der Waals surface area contributed by atoms with Gasteiger partial charge in [-0.3, -0.25) is 9.89 Å². The first-order valence-corrected chi connectivity index (χ1v) is 9.15. The number of nitrogens with one attached hydrogen (secondary N) is 3. The third kappa shape index (κ3) is 5.29. The van der Waals surface area contributed by atoms with Gasteiger partial charge in [0.15, 0.2) is 5.82 Å². The summed E-state index contributed by atoms with van der Waals surface area (Å²) in [4.78, 5) is 16.9. The van der Waals surface area contributed by atoms with Gasteiger partial charge in [-0.1, -0.05) is 26.0 Å². The molecule has 0 radical (unpaired) electrons. The quantitative estimate of drug-likeness (QED) is 0.716. The average molecular weight is 378 g/mol. The molecule has 0 saturated carbocycles. The van der Waals surface area contributed by atoms with Crippen LogP contribution in [0.25, 0.3) is 11.4 Å². The maximum absolute atomic E-state index is 12.4. The number of anilines is 1. The summed E-state index contributed by atoms with van der Waals surface area (Å²) in [7, 11) is 0. The van der Waals surface area contributed by atoms with Gasteiger partial charge in [0.25, 0.3) is 0 Å². The average Bonchev–Trinajstić information content (AvgIpc) is 3.12. The fraction of sp³-hybridized carbons (Fsp3) is 0.526. The number of carbonyl (C=O) groups is 1. The number of hydrogen-bond acceptors (Lipinski definition) is 4. The van der Waals surface area contributed by atoms with E-state index in [1.807, 2.05) is 24.3 Å². The van der Waals surface area contributed by atoms with Crippen LogP contribution in [0.15, 0.2) is 24.3 Å². The molecule has 3 rings (SSSR count). The normalized spacial score (nSPS) is 14.9. The lowest BCUT2D eigenvalue weighted by molar-refractivity contribution is -0.116. The molecule has 0 atom stereocenters. The predicted octanol–water partition coefficient (Wildman–Crippen LogP) is 3.74. The van der Waals surface area contributed by atoms with Gasteiger partial charge in [-0.2, -0.15) is 5.10 Å². The van der Waals surface area contributed by atoms with Crippen LogP contribution < -0.4 is 10.6 Å². The van der Waals surface area contributed by atoms with Crippen LogP contribution in [0.5, 0.6) is 0 Å². The van der Waals surface area contributed by atoms with E-state index in [1.54, 1.807) is 0 Å². The van der Waals surface area contributed by atoms with E-state index in [-0.39, 0.29) is 24.2 Å². The van der Waals surface area contributed by atoms with Crippen molar-refractivity contribution in [3.8, 4) is 11.4 Å². The summed E-state index contributed by atoms with van der Waals surface area (Å²) in [6, 6.07) is 7.70. The number of nitrogens with zero attached hydrogens (tertiary/aromatic N) is 2. The summed E-state index contributed by atoms with van der Waals surface area (Å²) in [6.45, 7) is 6.27. The highest BCUT2D eigenvalue weighted by molar-refractivity contribution is 5.94. The van der Waals surface area contributed by atoms with Gasteiger partial charge in [0, 0.05) is 17.9 Å². The molecule has 6 nitrogen and oxygen atoms in total. The monoisotopic (exact) mass is 377 g/mol. The summed E-state index contributed by atoms with van der Waals surface area (Å²) in [5, 5.41) is 13.7. The first kappa shape index (κ1) is 20.4. The van der Waals surface area contributed by atoms with Crippen molar-refractivity contribution in [1.82, 2.24) is 20.5 Å². The summed E-state index contributed by atoms with van der Waals surface area (Å²) in [5.74, 6) is 2.47. The minimum Gasteiger partial charge on any atom is -0.325 e. The van der Waals surface area contributed by atoms with E-state index >= 15 is 0 Å². The molecule has 0 unspecified atom stereocenters. The highest BCUT2D eigenvalue weighted by Gasteiger charge is 2.16. The lowest BCUT2D eigenvalue weighted by Gasteiger charge is -2.22. The number of H-pyrrole nitrogens is 1. The van der Waals surface area contributed by atoms with Gasteiger partial charge >= 0.3 is 0 Å². The zero-order valence-electron chi connectivity index (χ0n) is 15.4. The van der Waals surface area contributed by atoms with E-state index in [0.29, 0.717) is 18.2 Å². The number of carbonyl (C=O) groups excluding carboxylic acids is 1. The number of benzene rings is 1. The molecule has 7 heteroatoms. The zero-order valence-corrected chi connectivity index (χ0v) is 16.2. The number of amides is 1. The second-order valence-electron chi connectivity index (χ2n) is 7.02. The van der Waals surface area contributed by atoms with Gasteiger partial charge in [0.1, 0.15) is 5.82 Å². The highest BCUT2D eigenvalue weighted by atomic mass is 35.5. The first-order valence-electron chi connectivity index (χ1n) is 9.15. The maximum Gasteiger partial charge on any atom is 0.224 e. The van der Waals surface area contributed by atoms with Crippen molar-refractivity contribution >= 4 is 24.0 Å². The minimum atomic E-state index is 0. The topological polar surface area (TPSA) is 82.7 Å². The van der Waals surface area contributed by atoms with E-state index in [9.17, 15) is 4.79 Å². The van der Waals surface area contributed by atoms with Gasteiger partial charge in [-0.25, -0.2) is 4.98 Å². The maximum atomic E-state index is 12.4. The van der Waals surface area contributed by atoms with Crippen molar-refractivity contribution in [2.24, 2.45) is 5.92 Å².